The minimum absolute atomic E-state index is 0.0680. The molecule has 0 amide bonds. The molecule has 176 valence electrons. The van der Waals surface area contributed by atoms with Crippen LogP contribution in [-0.4, -0.2) is 36.4 Å². The van der Waals surface area contributed by atoms with Crippen molar-refractivity contribution in [1.82, 2.24) is 14.8 Å². The number of anilines is 1. The van der Waals surface area contributed by atoms with Crippen molar-refractivity contribution in [3.8, 4) is 11.6 Å². The van der Waals surface area contributed by atoms with Crippen LogP contribution in [0.15, 0.2) is 59.8 Å². The fourth-order valence-electron chi connectivity index (χ4n) is 3.63. The maximum atomic E-state index is 11.5. The van der Waals surface area contributed by atoms with Gasteiger partial charge in [-0.2, -0.15) is 5.10 Å². The van der Waals surface area contributed by atoms with Gasteiger partial charge in [-0.15, -0.1) is 0 Å². The largest absolute Gasteiger partial charge is 0.439 e. The Labute approximate surface area is 194 Å². The summed E-state index contributed by atoms with van der Waals surface area (Å²) in [6.45, 7) is 6.72. The third-order valence-electron chi connectivity index (χ3n) is 5.56. The van der Waals surface area contributed by atoms with E-state index in [1.807, 2.05) is 10.7 Å². The molecule has 2 aromatic rings. The maximum Gasteiger partial charge on any atom is 0.238 e. The lowest BCUT2D eigenvalue weighted by Crippen LogP contribution is -2.21. The van der Waals surface area contributed by atoms with Gasteiger partial charge in [-0.1, -0.05) is 6.58 Å². The quantitative estimate of drug-likeness (QED) is 0.531. The van der Waals surface area contributed by atoms with E-state index < -0.39 is 10.0 Å². The number of primary sulfonamides is 1. The van der Waals surface area contributed by atoms with Crippen molar-refractivity contribution in [2.75, 3.05) is 18.5 Å². The fraction of sp³-hybridized carbons (Fsp3) is 0.391. The predicted molar refractivity (Wildman–Crippen MR) is 126 cm³/mol. The molecule has 0 spiro atoms. The third-order valence-corrected chi connectivity index (χ3v) is 6.52. The molecule has 0 radical (unpaired) electrons. The first-order valence-electron chi connectivity index (χ1n) is 11.0. The summed E-state index contributed by atoms with van der Waals surface area (Å²) in [5.74, 6) is 2.44. The van der Waals surface area contributed by atoms with Crippen molar-refractivity contribution in [2.45, 2.75) is 44.6 Å². The van der Waals surface area contributed by atoms with Gasteiger partial charge in [0.1, 0.15) is 11.6 Å². The number of nitrogens with zero attached hydrogens (tertiary/aromatic N) is 3. The number of sulfonamides is 1. The Bertz CT molecular complexity index is 1180. The average Bonchev–Trinajstić information content (AvgIpc) is 3.55. The lowest BCUT2D eigenvalue weighted by Gasteiger charge is -2.24. The molecule has 3 heterocycles. The third kappa shape index (κ3) is 6.10. The lowest BCUT2D eigenvalue weighted by atomic mass is 10.1. The van der Waals surface area contributed by atoms with Gasteiger partial charge in [-0.05, 0) is 56.9 Å². The van der Waals surface area contributed by atoms with Crippen molar-refractivity contribution in [1.29, 1.82) is 0 Å². The van der Waals surface area contributed by atoms with Crippen molar-refractivity contribution in [2.24, 2.45) is 5.14 Å². The lowest BCUT2D eigenvalue weighted by molar-refractivity contribution is 0.0642. The van der Waals surface area contributed by atoms with E-state index in [2.05, 4.69) is 16.9 Å². The highest BCUT2D eigenvalue weighted by atomic mass is 32.2. The molecule has 1 saturated carbocycles. The Hall–Kier alpha value is -2.95. The van der Waals surface area contributed by atoms with Gasteiger partial charge in [0.05, 0.1) is 16.6 Å². The van der Waals surface area contributed by atoms with Crippen LogP contribution in [0.3, 0.4) is 0 Å². The molecule has 10 heteroatoms. The normalized spacial score (nSPS) is 18.2. The summed E-state index contributed by atoms with van der Waals surface area (Å²) in [6.07, 6.45) is 10.00. The van der Waals surface area contributed by atoms with Gasteiger partial charge in [-0.25, -0.2) is 23.2 Å². The van der Waals surface area contributed by atoms with E-state index >= 15 is 0 Å². The van der Waals surface area contributed by atoms with Gasteiger partial charge < -0.3 is 14.8 Å². The summed E-state index contributed by atoms with van der Waals surface area (Å²) in [6, 6.07) is 5.88. The van der Waals surface area contributed by atoms with Gasteiger partial charge >= 0.3 is 0 Å². The molecule has 1 aliphatic carbocycles. The van der Waals surface area contributed by atoms with Gasteiger partial charge in [-0.3, -0.25) is 0 Å². The predicted octanol–water partition coefficient (Wildman–Crippen LogP) is 3.97. The summed E-state index contributed by atoms with van der Waals surface area (Å²) in [4.78, 5) is 4.25. The number of hydrogen-bond donors (Lipinski definition) is 2. The van der Waals surface area contributed by atoms with Gasteiger partial charge in [0.25, 0.3) is 0 Å². The summed E-state index contributed by atoms with van der Waals surface area (Å²) < 4.78 is 36.7. The second-order valence-corrected chi connectivity index (χ2v) is 9.80. The molecule has 9 nitrogen and oxygen atoms in total. The number of nitrogens with two attached hydrogens (primary N) is 1. The number of rotatable bonds is 9. The topological polar surface area (TPSA) is 121 Å². The molecule has 0 bridgehead atoms. The molecule has 0 atom stereocenters. The maximum absolute atomic E-state index is 11.5. The number of hydrogen-bond acceptors (Lipinski definition) is 7. The van der Waals surface area contributed by atoms with Crippen molar-refractivity contribution in [3.05, 3.63) is 65.5 Å². The van der Waals surface area contributed by atoms with Gasteiger partial charge in [0, 0.05) is 43.2 Å². The second-order valence-electron chi connectivity index (χ2n) is 8.24. The van der Waals surface area contributed by atoms with Crippen LogP contribution < -0.4 is 15.2 Å². The molecule has 2 aromatic heterocycles. The summed E-state index contributed by atoms with van der Waals surface area (Å²) in [5.41, 5.74) is 1.76. The average molecular weight is 472 g/mol. The van der Waals surface area contributed by atoms with Crippen LogP contribution >= 0.6 is 0 Å². The van der Waals surface area contributed by atoms with E-state index in [1.54, 1.807) is 31.3 Å². The van der Waals surface area contributed by atoms with Crippen molar-refractivity contribution < 1.29 is 17.9 Å². The van der Waals surface area contributed by atoms with E-state index in [4.69, 9.17) is 19.7 Å². The van der Waals surface area contributed by atoms with Crippen LogP contribution in [0.4, 0.5) is 5.82 Å². The van der Waals surface area contributed by atoms with E-state index in [1.165, 1.54) is 25.0 Å². The Morgan fingerprint density at radius 3 is 2.70 bits per heavy atom. The van der Waals surface area contributed by atoms with E-state index in [0.717, 1.165) is 37.6 Å². The number of allylic oxidation sites excluding steroid dienone is 4. The second kappa shape index (κ2) is 9.90. The number of aromatic nitrogens is 3. The molecule has 0 unspecified atom stereocenters. The van der Waals surface area contributed by atoms with E-state index in [9.17, 15) is 8.42 Å². The molecule has 4 rings (SSSR count). The van der Waals surface area contributed by atoms with Crippen molar-refractivity contribution >= 4 is 15.8 Å². The zero-order valence-electron chi connectivity index (χ0n) is 18.6. The summed E-state index contributed by atoms with van der Waals surface area (Å²) in [5, 5.41) is 13.1. The minimum Gasteiger partial charge on any atom is -0.439 e. The Balaban J connectivity index is 1.51. The molecule has 1 aliphatic heterocycles. The summed E-state index contributed by atoms with van der Waals surface area (Å²) >= 11 is 0. The molecule has 0 aromatic carbocycles. The number of ether oxygens (including phenoxy) is 2. The van der Waals surface area contributed by atoms with Crippen LogP contribution in [0.25, 0.3) is 0 Å². The van der Waals surface area contributed by atoms with Gasteiger partial charge in [0.2, 0.25) is 15.9 Å². The SMILES string of the molecule is C=C/C(=C\C=C(/C)Nc1cc(Oc2cc(C3CC3)nn2C2CCOCC2)ccn1)S(N)(=O)=O. The van der Waals surface area contributed by atoms with E-state index in [-0.39, 0.29) is 10.9 Å². The molecule has 2 fully saturated rings. The molecular weight excluding hydrogens is 442 g/mol. The molecule has 33 heavy (non-hydrogen) atoms. The Morgan fingerprint density at radius 1 is 1.27 bits per heavy atom. The van der Waals surface area contributed by atoms with Gasteiger partial charge in [0.15, 0.2) is 0 Å². The smallest absolute Gasteiger partial charge is 0.238 e. The highest BCUT2D eigenvalue weighted by molar-refractivity contribution is 7.93. The van der Waals surface area contributed by atoms with Crippen LogP contribution in [0.1, 0.15) is 50.3 Å². The molecule has 1 saturated heterocycles. The van der Waals surface area contributed by atoms with E-state index in [0.29, 0.717) is 23.2 Å². The summed E-state index contributed by atoms with van der Waals surface area (Å²) in [7, 11) is -3.82. The first-order valence-corrected chi connectivity index (χ1v) is 12.5. The zero-order valence-corrected chi connectivity index (χ0v) is 19.4. The van der Waals surface area contributed by atoms with Crippen LogP contribution in [0.2, 0.25) is 0 Å². The molecule has 3 N–H and O–H groups in total. The fourth-order valence-corrected chi connectivity index (χ4v) is 4.12. The van der Waals surface area contributed by atoms with Crippen molar-refractivity contribution in [3.63, 3.8) is 0 Å². The monoisotopic (exact) mass is 471 g/mol. The number of nitrogens with one attached hydrogen (secondary N) is 1. The molecular formula is C23H29N5O4S. The number of pyridine rings is 1. The molecule has 2 aliphatic rings. The Kier molecular flexibility index (Phi) is 6.96. The first kappa shape index (κ1) is 23.2. The first-order chi connectivity index (χ1) is 15.8. The minimum atomic E-state index is -3.82. The highest BCUT2D eigenvalue weighted by Crippen LogP contribution is 2.42. The Morgan fingerprint density at radius 2 is 2.03 bits per heavy atom. The highest BCUT2D eigenvalue weighted by Gasteiger charge is 2.30. The standard InChI is InChI=1S/C23H29N5O4S/c1-3-20(33(24,29)30)7-4-16(2)26-22-14-19(8-11-25-22)32-23-15-21(17-5-6-17)27-28(23)18-9-12-31-13-10-18/h3-4,7-8,11,14-15,17-18H,1,5-6,9-10,12-13H2,2H3,(H,25,26)(H2,24,29,30)/b16-4+,20-7+. The van der Waals surface area contributed by atoms with Crippen LogP contribution in [0, 0.1) is 0 Å². The van der Waals surface area contributed by atoms with Crippen LogP contribution in [-0.2, 0) is 14.8 Å². The van der Waals surface area contributed by atoms with Crippen LogP contribution in [0.5, 0.6) is 11.6 Å². The zero-order chi connectivity index (χ0) is 23.4.